The van der Waals surface area contributed by atoms with Crippen molar-refractivity contribution in [1.29, 1.82) is 0 Å². The van der Waals surface area contributed by atoms with E-state index < -0.39 is 0 Å². The number of halogens is 3. The van der Waals surface area contributed by atoms with Crippen LogP contribution in [0, 0.1) is 0 Å². The summed E-state index contributed by atoms with van der Waals surface area (Å²) in [6, 6.07) is 13.0. The summed E-state index contributed by atoms with van der Waals surface area (Å²) in [7, 11) is 0. The van der Waals surface area contributed by atoms with Gasteiger partial charge in [0.05, 0.1) is 0 Å². The predicted molar refractivity (Wildman–Crippen MR) is 84.9 cm³/mol. The highest BCUT2D eigenvalue weighted by molar-refractivity contribution is 6.35. The largest absolute Gasteiger partial charge is 0.383 e. The first-order chi connectivity index (χ1) is 9.13. The minimum atomic E-state index is 0.626. The molecule has 0 spiro atoms. The van der Waals surface area contributed by atoms with Crippen LogP contribution in [0.3, 0.4) is 0 Å². The van der Waals surface area contributed by atoms with Gasteiger partial charge >= 0.3 is 0 Å². The van der Waals surface area contributed by atoms with E-state index in [-0.39, 0.29) is 0 Å². The molecule has 100 valence electrons. The predicted octanol–water partition coefficient (Wildman–Crippen LogP) is 5.17. The van der Waals surface area contributed by atoms with Gasteiger partial charge < -0.3 is 10.6 Å². The van der Waals surface area contributed by atoms with Gasteiger partial charge in [0.15, 0.2) is 0 Å². The van der Waals surface area contributed by atoms with Crippen molar-refractivity contribution in [1.82, 2.24) is 0 Å². The quantitative estimate of drug-likeness (QED) is 0.744. The van der Waals surface area contributed by atoms with E-state index >= 15 is 0 Å². The number of hydrogen-bond acceptors (Lipinski definition) is 2. The lowest BCUT2D eigenvalue weighted by Crippen LogP contribution is -2.13. The Morgan fingerprint density at radius 2 is 1.16 bits per heavy atom. The molecule has 19 heavy (non-hydrogen) atoms. The van der Waals surface area contributed by atoms with Crippen LogP contribution in [0.1, 0.15) is 0 Å². The second-order valence-electron chi connectivity index (χ2n) is 4.02. The third-order valence-electron chi connectivity index (χ3n) is 2.49. The second kappa shape index (κ2) is 6.90. The van der Waals surface area contributed by atoms with Crippen LogP contribution in [0.4, 0.5) is 11.4 Å². The molecule has 2 aromatic carbocycles. The smallest absolute Gasteiger partial charge is 0.0441 e. The highest BCUT2D eigenvalue weighted by atomic mass is 35.5. The van der Waals surface area contributed by atoms with Gasteiger partial charge in [-0.1, -0.05) is 34.8 Å². The van der Waals surface area contributed by atoms with Crippen molar-refractivity contribution in [2.75, 3.05) is 23.7 Å². The van der Waals surface area contributed by atoms with Gasteiger partial charge in [0.2, 0.25) is 0 Å². The Bertz CT molecular complexity index is 521. The van der Waals surface area contributed by atoms with Crippen molar-refractivity contribution in [3.63, 3.8) is 0 Å². The molecule has 0 heterocycles. The zero-order chi connectivity index (χ0) is 13.7. The van der Waals surface area contributed by atoms with Crippen LogP contribution in [-0.4, -0.2) is 13.1 Å². The summed E-state index contributed by atoms with van der Waals surface area (Å²) in [5, 5.41) is 8.52. The zero-order valence-electron chi connectivity index (χ0n) is 10.1. The van der Waals surface area contributed by atoms with Crippen molar-refractivity contribution < 1.29 is 0 Å². The number of rotatable bonds is 5. The Morgan fingerprint density at radius 3 is 1.74 bits per heavy atom. The van der Waals surface area contributed by atoms with Gasteiger partial charge in [-0.25, -0.2) is 0 Å². The number of nitrogens with one attached hydrogen (secondary N) is 2. The maximum atomic E-state index is 5.92. The minimum Gasteiger partial charge on any atom is -0.383 e. The Morgan fingerprint density at radius 1 is 0.632 bits per heavy atom. The molecule has 2 aromatic rings. The molecular weight excluding hydrogens is 303 g/mol. The average Bonchev–Trinajstić information content (AvgIpc) is 2.36. The van der Waals surface area contributed by atoms with Gasteiger partial charge in [0, 0.05) is 39.5 Å². The molecule has 0 radical (unpaired) electrons. The highest BCUT2D eigenvalue weighted by Crippen LogP contribution is 2.22. The van der Waals surface area contributed by atoms with Crippen molar-refractivity contribution in [3.05, 3.63) is 57.5 Å². The molecule has 2 nitrogen and oxygen atoms in total. The lowest BCUT2D eigenvalue weighted by molar-refractivity contribution is 1.08. The van der Waals surface area contributed by atoms with Crippen molar-refractivity contribution in [2.45, 2.75) is 0 Å². The normalized spacial score (nSPS) is 10.3. The summed E-state index contributed by atoms with van der Waals surface area (Å²) in [5.74, 6) is 0. The third kappa shape index (κ3) is 4.83. The number of hydrogen-bond donors (Lipinski definition) is 2. The molecule has 0 aliphatic heterocycles. The fraction of sp³-hybridized carbons (Fsp3) is 0.143. The van der Waals surface area contributed by atoms with Crippen LogP contribution >= 0.6 is 34.8 Å². The monoisotopic (exact) mass is 314 g/mol. The fourth-order valence-electron chi connectivity index (χ4n) is 1.64. The van der Waals surface area contributed by atoms with Gasteiger partial charge in [-0.05, 0) is 42.5 Å². The first-order valence-electron chi connectivity index (χ1n) is 5.83. The van der Waals surface area contributed by atoms with E-state index in [2.05, 4.69) is 10.6 Å². The van der Waals surface area contributed by atoms with E-state index in [1.54, 1.807) is 6.07 Å². The molecule has 0 fully saturated rings. The van der Waals surface area contributed by atoms with Crippen molar-refractivity contribution >= 4 is 46.2 Å². The van der Waals surface area contributed by atoms with Gasteiger partial charge in [-0.2, -0.15) is 0 Å². The number of anilines is 2. The lowest BCUT2D eigenvalue weighted by atomic mass is 10.3. The van der Waals surface area contributed by atoms with Crippen LogP contribution < -0.4 is 10.6 Å². The summed E-state index contributed by atoms with van der Waals surface area (Å²) >= 11 is 17.7. The first-order valence-corrected chi connectivity index (χ1v) is 6.96. The van der Waals surface area contributed by atoms with Gasteiger partial charge in [-0.3, -0.25) is 0 Å². The maximum Gasteiger partial charge on any atom is 0.0441 e. The van der Waals surface area contributed by atoms with E-state index in [1.807, 2.05) is 36.4 Å². The van der Waals surface area contributed by atoms with Crippen molar-refractivity contribution in [2.24, 2.45) is 0 Å². The summed E-state index contributed by atoms with van der Waals surface area (Å²) < 4.78 is 0. The molecule has 0 aromatic heterocycles. The molecule has 0 atom stereocenters. The molecule has 2 N–H and O–H groups in total. The SMILES string of the molecule is Clc1ccc(NCCNc2cc(Cl)cc(Cl)c2)cc1. The van der Waals surface area contributed by atoms with Gasteiger partial charge in [0.1, 0.15) is 0 Å². The summed E-state index contributed by atoms with van der Waals surface area (Å²) in [4.78, 5) is 0. The fourth-order valence-corrected chi connectivity index (χ4v) is 2.29. The molecule has 0 unspecified atom stereocenters. The third-order valence-corrected chi connectivity index (χ3v) is 3.18. The van der Waals surface area contributed by atoms with Crippen LogP contribution in [-0.2, 0) is 0 Å². The highest BCUT2D eigenvalue weighted by Gasteiger charge is 1.97. The number of benzene rings is 2. The Balaban J connectivity index is 1.79. The van der Waals surface area contributed by atoms with Gasteiger partial charge in [0.25, 0.3) is 0 Å². The Kier molecular flexibility index (Phi) is 5.20. The molecule has 0 saturated carbocycles. The molecule has 0 bridgehead atoms. The summed E-state index contributed by atoms with van der Waals surface area (Å²) in [6.07, 6.45) is 0. The van der Waals surface area contributed by atoms with Crippen LogP contribution in [0.15, 0.2) is 42.5 Å². The Labute approximate surface area is 127 Å². The molecule has 0 aliphatic carbocycles. The van der Waals surface area contributed by atoms with Crippen LogP contribution in [0.25, 0.3) is 0 Å². The Hall–Kier alpha value is -1.09. The molecule has 2 rings (SSSR count). The van der Waals surface area contributed by atoms with E-state index in [4.69, 9.17) is 34.8 Å². The van der Waals surface area contributed by atoms with E-state index in [0.717, 1.165) is 29.5 Å². The van der Waals surface area contributed by atoms with Crippen LogP contribution in [0.5, 0.6) is 0 Å². The first kappa shape index (κ1) is 14.3. The van der Waals surface area contributed by atoms with Crippen LogP contribution in [0.2, 0.25) is 15.1 Å². The zero-order valence-corrected chi connectivity index (χ0v) is 12.4. The minimum absolute atomic E-state index is 0.626. The van der Waals surface area contributed by atoms with E-state index in [1.165, 1.54) is 0 Å². The summed E-state index contributed by atoms with van der Waals surface area (Å²) in [5.41, 5.74) is 1.95. The molecule has 0 amide bonds. The molecule has 0 aliphatic rings. The van der Waals surface area contributed by atoms with Crippen molar-refractivity contribution in [3.8, 4) is 0 Å². The molecule has 0 saturated heterocycles. The topological polar surface area (TPSA) is 24.1 Å². The lowest BCUT2D eigenvalue weighted by Gasteiger charge is -2.09. The molecule has 5 heteroatoms. The van der Waals surface area contributed by atoms with Gasteiger partial charge in [-0.15, -0.1) is 0 Å². The maximum absolute atomic E-state index is 5.92. The standard InChI is InChI=1S/C14H13Cl3N2/c15-10-1-3-13(4-2-10)18-5-6-19-14-8-11(16)7-12(17)9-14/h1-4,7-9,18-19H,5-6H2. The summed E-state index contributed by atoms with van der Waals surface area (Å²) in [6.45, 7) is 1.55. The van der Waals surface area contributed by atoms with E-state index in [9.17, 15) is 0 Å². The second-order valence-corrected chi connectivity index (χ2v) is 5.33. The molecular formula is C14H13Cl3N2. The average molecular weight is 316 g/mol. The van der Waals surface area contributed by atoms with E-state index in [0.29, 0.717) is 10.0 Å².